The molecule has 1 N–H and O–H groups in total. The van der Waals surface area contributed by atoms with Crippen LogP contribution in [0.3, 0.4) is 0 Å². The first-order valence-corrected chi connectivity index (χ1v) is 8.36. The number of nitrogens with one attached hydrogen (secondary N) is 1. The highest BCUT2D eigenvalue weighted by molar-refractivity contribution is 5.82. The van der Waals surface area contributed by atoms with Crippen LogP contribution in [0.25, 0.3) is 0 Å². The highest BCUT2D eigenvalue weighted by atomic mass is 16.2. The Balaban J connectivity index is 1.58. The van der Waals surface area contributed by atoms with Crippen molar-refractivity contribution < 1.29 is 4.79 Å². The molecule has 1 aliphatic carbocycles. The molecule has 3 fully saturated rings. The van der Waals surface area contributed by atoms with Crippen LogP contribution >= 0.6 is 0 Å². The van der Waals surface area contributed by atoms with Crippen LogP contribution in [0.1, 0.15) is 44.9 Å². The fourth-order valence-electron chi connectivity index (χ4n) is 4.39. The van der Waals surface area contributed by atoms with Gasteiger partial charge >= 0.3 is 0 Å². The van der Waals surface area contributed by atoms with Gasteiger partial charge in [-0.05, 0) is 51.6 Å². The number of piperidine rings is 1. The molecule has 1 amide bonds. The van der Waals surface area contributed by atoms with Gasteiger partial charge in [-0.15, -0.1) is 0 Å². The SMILES string of the molecule is CN1CCCC(N(C)C(=O)C2CC3CCCCC3N2)C1. The maximum atomic E-state index is 12.7. The number of likely N-dealkylation sites (tertiary alicyclic amines) is 1. The van der Waals surface area contributed by atoms with Crippen LogP contribution in [-0.2, 0) is 4.79 Å². The molecule has 4 unspecified atom stereocenters. The van der Waals surface area contributed by atoms with Crippen LogP contribution in [-0.4, -0.2) is 61.0 Å². The molecule has 2 saturated heterocycles. The highest BCUT2D eigenvalue weighted by Crippen LogP contribution is 2.33. The third-order valence-corrected chi connectivity index (χ3v) is 5.66. The second-order valence-corrected chi connectivity index (χ2v) is 7.11. The Morgan fingerprint density at radius 2 is 2.00 bits per heavy atom. The first-order chi connectivity index (χ1) is 9.65. The van der Waals surface area contributed by atoms with E-state index in [9.17, 15) is 4.79 Å². The van der Waals surface area contributed by atoms with Crippen LogP contribution in [0.4, 0.5) is 0 Å². The first-order valence-electron chi connectivity index (χ1n) is 8.36. The molecule has 4 atom stereocenters. The van der Waals surface area contributed by atoms with Crippen molar-refractivity contribution in [1.82, 2.24) is 15.1 Å². The highest BCUT2D eigenvalue weighted by Gasteiger charge is 2.40. The number of nitrogens with zero attached hydrogens (tertiary/aromatic N) is 2. The second-order valence-electron chi connectivity index (χ2n) is 7.11. The van der Waals surface area contributed by atoms with E-state index in [0.717, 1.165) is 25.3 Å². The van der Waals surface area contributed by atoms with Crippen molar-refractivity contribution in [2.24, 2.45) is 5.92 Å². The van der Waals surface area contributed by atoms with Gasteiger partial charge in [0.1, 0.15) is 0 Å². The van der Waals surface area contributed by atoms with Crippen LogP contribution in [0.15, 0.2) is 0 Å². The summed E-state index contributed by atoms with van der Waals surface area (Å²) in [6.07, 6.45) is 8.71. The summed E-state index contributed by atoms with van der Waals surface area (Å²) < 4.78 is 0. The van der Waals surface area contributed by atoms with Crippen molar-refractivity contribution in [2.45, 2.75) is 63.1 Å². The van der Waals surface area contributed by atoms with E-state index in [2.05, 4.69) is 17.3 Å². The summed E-state index contributed by atoms with van der Waals surface area (Å²) in [4.78, 5) is 17.1. The van der Waals surface area contributed by atoms with E-state index >= 15 is 0 Å². The molecule has 3 rings (SSSR count). The minimum absolute atomic E-state index is 0.0836. The smallest absolute Gasteiger partial charge is 0.239 e. The van der Waals surface area contributed by atoms with E-state index in [4.69, 9.17) is 0 Å². The van der Waals surface area contributed by atoms with E-state index in [1.165, 1.54) is 38.6 Å². The van der Waals surface area contributed by atoms with Gasteiger partial charge in [0, 0.05) is 25.7 Å². The van der Waals surface area contributed by atoms with Gasteiger partial charge in [0.25, 0.3) is 0 Å². The Hall–Kier alpha value is -0.610. The molecule has 1 saturated carbocycles. The third kappa shape index (κ3) is 2.86. The molecule has 2 aliphatic heterocycles. The molecular formula is C16H29N3O. The molecule has 114 valence electrons. The summed E-state index contributed by atoms with van der Waals surface area (Å²) >= 11 is 0. The minimum Gasteiger partial charge on any atom is -0.340 e. The van der Waals surface area contributed by atoms with Crippen molar-refractivity contribution in [2.75, 3.05) is 27.2 Å². The number of likely N-dealkylation sites (N-methyl/N-ethyl adjacent to an activating group) is 2. The fraction of sp³-hybridized carbons (Fsp3) is 0.938. The average Bonchev–Trinajstić information content (AvgIpc) is 2.89. The van der Waals surface area contributed by atoms with Crippen molar-refractivity contribution in [1.29, 1.82) is 0 Å². The molecule has 0 aromatic heterocycles. The fourth-order valence-corrected chi connectivity index (χ4v) is 4.39. The summed E-state index contributed by atoms with van der Waals surface area (Å²) in [5, 5.41) is 3.62. The summed E-state index contributed by atoms with van der Waals surface area (Å²) in [7, 11) is 4.17. The minimum atomic E-state index is 0.0836. The normalized spacial score (nSPS) is 38.5. The zero-order valence-electron chi connectivity index (χ0n) is 13.0. The van der Waals surface area contributed by atoms with Gasteiger partial charge in [0.05, 0.1) is 6.04 Å². The van der Waals surface area contributed by atoms with Gasteiger partial charge in [-0.1, -0.05) is 12.8 Å². The van der Waals surface area contributed by atoms with E-state index in [-0.39, 0.29) is 6.04 Å². The van der Waals surface area contributed by atoms with Crippen LogP contribution in [0, 0.1) is 5.92 Å². The molecule has 2 heterocycles. The van der Waals surface area contributed by atoms with Gasteiger partial charge in [-0.25, -0.2) is 0 Å². The van der Waals surface area contributed by atoms with Gasteiger partial charge < -0.3 is 15.1 Å². The number of amides is 1. The maximum Gasteiger partial charge on any atom is 0.239 e. The molecule has 4 nitrogen and oxygen atoms in total. The lowest BCUT2D eigenvalue weighted by Gasteiger charge is -2.37. The number of hydrogen-bond donors (Lipinski definition) is 1. The standard InChI is InChI=1S/C16H29N3O/c1-18-9-5-7-13(11-18)19(2)16(20)15-10-12-6-3-4-8-14(12)17-15/h12-15,17H,3-11H2,1-2H3. The van der Waals surface area contributed by atoms with E-state index in [1.54, 1.807) is 0 Å². The average molecular weight is 279 g/mol. The van der Waals surface area contributed by atoms with Gasteiger partial charge in [0.15, 0.2) is 0 Å². The number of fused-ring (bicyclic) bond motifs is 1. The zero-order valence-corrected chi connectivity index (χ0v) is 13.0. The molecule has 0 spiro atoms. The number of carbonyl (C=O) groups is 1. The second kappa shape index (κ2) is 6.02. The number of rotatable bonds is 2. The summed E-state index contributed by atoms with van der Waals surface area (Å²) in [5.74, 6) is 1.08. The molecular weight excluding hydrogens is 250 g/mol. The molecule has 3 aliphatic rings. The van der Waals surface area contributed by atoms with Crippen LogP contribution in [0.2, 0.25) is 0 Å². The Bertz CT molecular complexity index is 342. The summed E-state index contributed by atoms with van der Waals surface area (Å²) in [6, 6.07) is 1.10. The molecule has 0 radical (unpaired) electrons. The molecule has 0 aromatic rings. The van der Waals surface area contributed by atoms with Crippen LogP contribution < -0.4 is 5.32 Å². The van der Waals surface area contributed by atoms with Gasteiger partial charge in [-0.2, -0.15) is 0 Å². The lowest BCUT2D eigenvalue weighted by atomic mass is 9.85. The van der Waals surface area contributed by atoms with E-state index in [1.807, 2.05) is 11.9 Å². The largest absolute Gasteiger partial charge is 0.340 e. The molecule has 4 heteroatoms. The van der Waals surface area contributed by atoms with E-state index < -0.39 is 0 Å². The van der Waals surface area contributed by atoms with Crippen LogP contribution in [0.5, 0.6) is 0 Å². The zero-order chi connectivity index (χ0) is 14.1. The Morgan fingerprint density at radius 3 is 2.75 bits per heavy atom. The van der Waals surface area contributed by atoms with Crippen molar-refractivity contribution >= 4 is 5.91 Å². The molecule has 0 bridgehead atoms. The monoisotopic (exact) mass is 279 g/mol. The summed E-state index contributed by atoms with van der Waals surface area (Å²) in [5.41, 5.74) is 0. The quantitative estimate of drug-likeness (QED) is 0.831. The lowest BCUT2D eigenvalue weighted by molar-refractivity contribution is -0.134. The first kappa shape index (κ1) is 14.3. The van der Waals surface area contributed by atoms with Crippen molar-refractivity contribution in [3.63, 3.8) is 0 Å². The van der Waals surface area contributed by atoms with E-state index in [0.29, 0.717) is 18.0 Å². The Morgan fingerprint density at radius 1 is 1.20 bits per heavy atom. The number of hydrogen-bond acceptors (Lipinski definition) is 3. The Labute approximate surface area is 122 Å². The predicted octanol–water partition coefficient (Wildman–Crippen LogP) is 1.46. The maximum absolute atomic E-state index is 12.7. The van der Waals surface area contributed by atoms with Gasteiger partial charge in [0.2, 0.25) is 5.91 Å². The van der Waals surface area contributed by atoms with Crippen molar-refractivity contribution in [3.05, 3.63) is 0 Å². The third-order valence-electron chi connectivity index (χ3n) is 5.66. The Kier molecular flexibility index (Phi) is 4.32. The topological polar surface area (TPSA) is 35.6 Å². The van der Waals surface area contributed by atoms with Crippen molar-refractivity contribution in [3.8, 4) is 0 Å². The lowest BCUT2D eigenvalue weighted by Crippen LogP contribution is -2.52. The molecule has 20 heavy (non-hydrogen) atoms. The molecule has 0 aromatic carbocycles. The summed E-state index contributed by atoms with van der Waals surface area (Å²) in [6.45, 7) is 2.20. The predicted molar refractivity (Wildman–Crippen MR) is 80.6 cm³/mol. The number of carbonyl (C=O) groups excluding carboxylic acids is 1. The van der Waals surface area contributed by atoms with Gasteiger partial charge in [-0.3, -0.25) is 4.79 Å².